The summed E-state index contributed by atoms with van der Waals surface area (Å²) in [6.45, 7) is 4.00. The third-order valence-electron chi connectivity index (χ3n) is 3.97. The first-order chi connectivity index (χ1) is 11.4. The van der Waals surface area contributed by atoms with Crippen LogP contribution in [0.2, 0.25) is 0 Å². The van der Waals surface area contributed by atoms with Gasteiger partial charge in [0.25, 0.3) is 5.60 Å². The Morgan fingerprint density at radius 2 is 2.00 bits per heavy atom. The highest BCUT2D eigenvalue weighted by Gasteiger charge is 2.64. The fraction of sp³-hybridized carbons (Fsp3) is 0.471. The first-order valence-corrected chi connectivity index (χ1v) is 7.49. The lowest BCUT2D eigenvalue weighted by Crippen LogP contribution is -2.53. The molecule has 132 valence electrons. The molecule has 7 heteroatoms. The molecule has 4 nitrogen and oxygen atoms in total. The van der Waals surface area contributed by atoms with Gasteiger partial charge < -0.3 is 14.2 Å². The second-order valence-corrected chi connectivity index (χ2v) is 5.41. The standard InChI is InChI=1S/C17H19F3O4/c1-3-13-14(10-7-11-23-13)24-15(21)16(22-2,17(18,19)20)12-8-5-4-6-9-12/h3-6,8-9,13-14H,1,7,10-11H2,2H3/t13-,14+,16-/m0/s1. The molecular weight excluding hydrogens is 325 g/mol. The minimum absolute atomic E-state index is 0.336. The molecule has 0 unspecified atom stereocenters. The van der Waals surface area contributed by atoms with Crippen LogP contribution in [0.25, 0.3) is 0 Å². The minimum atomic E-state index is -4.99. The normalized spacial score (nSPS) is 24.0. The van der Waals surface area contributed by atoms with Gasteiger partial charge in [-0.1, -0.05) is 36.4 Å². The van der Waals surface area contributed by atoms with Crippen molar-refractivity contribution in [2.24, 2.45) is 0 Å². The molecule has 3 atom stereocenters. The van der Waals surface area contributed by atoms with E-state index in [4.69, 9.17) is 14.2 Å². The second kappa shape index (κ2) is 7.36. The molecule has 2 rings (SSSR count). The zero-order valence-corrected chi connectivity index (χ0v) is 13.2. The summed E-state index contributed by atoms with van der Waals surface area (Å²) in [5, 5.41) is 0. The third-order valence-corrected chi connectivity index (χ3v) is 3.97. The van der Waals surface area contributed by atoms with Crippen molar-refractivity contribution >= 4 is 5.97 Å². The second-order valence-electron chi connectivity index (χ2n) is 5.41. The molecule has 1 aromatic carbocycles. The van der Waals surface area contributed by atoms with Crippen molar-refractivity contribution in [3.8, 4) is 0 Å². The number of methoxy groups -OCH3 is 1. The van der Waals surface area contributed by atoms with E-state index < -0.39 is 30.0 Å². The summed E-state index contributed by atoms with van der Waals surface area (Å²) in [5.74, 6) is -1.51. The number of hydrogen-bond acceptors (Lipinski definition) is 4. The molecule has 1 fully saturated rings. The Bertz CT molecular complexity index is 573. The van der Waals surface area contributed by atoms with E-state index in [0.717, 1.165) is 7.11 Å². The molecule has 0 saturated carbocycles. The topological polar surface area (TPSA) is 44.8 Å². The fourth-order valence-electron chi connectivity index (χ4n) is 2.73. The monoisotopic (exact) mass is 344 g/mol. The number of ether oxygens (including phenoxy) is 3. The Morgan fingerprint density at radius 3 is 2.54 bits per heavy atom. The van der Waals surface area contributed by atoms with E-state index >= 15 is 0 Å². The summed E-state index contributed by atoms with van der Waals surface area (Å²) >= 11 is 0. The van der Waals surface area contributed by atoms with Crippen molar-refractivity contribution in [1.82, 2.24) is 0 Å². The van der Waals surface area contributed by atoms with Gasteiger partial charge in [-0.15, -0.1) is 6.58 Å². The van der Waals surface area contributed by atoms with Gasteiger partial charge in [0.15, 0.2) is 0 Å². The van der Waals surface area contributed by atoms with Gasteiger partial charge in [0.2, 0.25) is 0 Å². The fourth-order valence-corrected chi connectivity index (χ4v) is 2.73. The van der Waals surface area contributed by atoms with E-state index in [0.29, 0.717) is 19.4 Å². The molecule has 1 aliphatic rings. The Hall–Kier alpha value is -1.86. The Balaban J connectivity index is 2.37. The average molecular weight is 344 g/mol. The molecule has 1 saturated heterocycles. The van der Waals surface area contributed by atoms with Gasteiger partial charge >= 0.3 is 12.1 Å². The summed E-state index contributed by atoms with van der Waals surface area (Å²) in [4.78, 5) is 12.5. The van der Waals surface area contributed by atoms with Crippen molar-refractivity contribution < 1.29 is 32.2 Å². The predicted octanol–water partition coefficient (Wildman–Crippen LogP) is 3.37. The molecule has 0 radical (unpaired) electrons. The molecular formula is C17H19F3O4. The smallest absolute Gasteiger partial charge is 0.432 e. The van der Waals surface area contributed by atoms with Crippen LogP contribution in [0.15, 0.2) is 43.0 Å². The molecule has 0 amide bonds. The first kappa shape index (κ1) is 18.5. The highest BCUT2D eigenvalue weighted by molar-refractivity contribution is 5.83. The number of carbonyl (C=O) groups is 1. The Labute approximate surface area is 138 Å². The number of rotatable bonds is 5. The highest BCUT2D eigenvalue weighted by atomic mass is 19.4. The molecule has 0 bridgehead atoms. The number of benzene rings is 1. The van der Waals surface area contributed by atoms with Crippen molar-refractivity contribution in [1.29, 1.82) is 0 Å². The summed E-state index contributed by atoms with van der Waals surface area (Å²) in [6, 6.07) is 6.71. The van der Waals surface area contributed by atoms with E-state index in [9.17, 15) is 18.0 Å². The molecule has 0 aliphatic carbocycles. The van der Waals surface area contributed by atoms with Gasteiger partial charge in [0, 0.05) is 19.3 Å². The summed E-state index contributed by atoms with van der Waals surface area (Å²) in [7, 11) is 0.837. The van der Waals surface area contributed by atoms with Gasteiger partial charge in [-0.25, -0.2) is 4.79 Å². The number of hydrogen-bond donors (Lipinski definition) is 0. The van der Waals surface area contributed by atoms with Crippen LogP contribution in [0.5, 0.6) is 0 Å². The highest BCUT2D eigenvalue weighted by Crippen LogP contribution is 2.43. The lowest BCUT2D eigenvalue weighted by atomic mass is 9.92. The number of esters is 1. The summed E-state index contributed by atoms with van der Waals surface area (Å²) in [5.41, 5.74) is -3.52. The van der Waals surface area contributed by atoms with Crippen LogP contribution in [-0.4, -0.2) is 38.1 Å². The van der Waals surface area contributed by atoms with Gasteiger partial charge in [0.1, 0.15) is 12.2 Å². The molecule has 1 aliphatic heterocycles. The van der Waals surface area contributed by atoms with Crippen LogP contribution >= 0.6 is 0 Å². The zero-order valence-electron chi connectivity index (χ0n) is 13.2. The molecule has 24 heavy (non-hydrogen) atoms. The summed E-state index contributed by atoms with van der Waals surface area (Å²) < 4.78 is 56.5. The quantitative estimate of drug-likeness (QED) is 0.607. The van der Waals surface area contributed by atoms with Gasteiger partial charge in [0.05, 0.1) is 0 Å². The van der Waals surface area contributed by atoms with E-state index in [1.165, 1.54) is 30.3 Å². The van der Waals surface area contributed by atoms with Crippen molar-refractivity contribution in [2.75, 3.05) is 13.7 Å². The lowest BCUT2D eigenvalue weighted by Gasteiger charge is -2.36. The lowest BCUT2D eigenvalue weighted by molar-refractivity contribution is -0.280. The molecule has 0 spiro atoms. The van der Waals surface area contributed by atoms with Crippen molar-refractivity contribution in [3.05, 3.63) is 48.6 Å². The number of halogens is 3. The largest absolute Gasteiger partial charge is 0.457 e. The average Bonchev–Trinajstić information content (AvgIpc) is 2.56. The van der Waals surface area contributed by atoms with Crippen LogP contribution in [0, 0.1) is 0 Å². The van der Waals surface area contributed by atoms with Crippen LogP contribution in [-0.2, 0) is 24.6 Å². The Morgan fingerprint density at radius 1 is 1.33 bits per heavy atom. The van der Waals surface area contributed by atoms with Gasteiger partial charge in [-0.2, -0.15) is 13.2 Å². The van der Waals surface area contributed by atoms with Crippen LogP contribution in [0.4, 0.5) is 13.2 Å². The third kappa shape index (κ3) is 3.32. The van der Waals surface area contributed by atoms with E-state index in [1.54, 1.807) is 6.07 Å². The van der Waals surface area contributed by atoms with E-state index in [1.807, 2.05) is 0 Å². The first-order valence-electron chi connectivity index (χ1n) is 7.49. The maximum absolute atomic E-state index is 13.8. The number of alkyl halides is 3. The molecule has 1 heterocycles. The predicted molar refractivity (Wildman–Crippen MR) is 80.2 cm³/mol. The molecule has 1 aromatic rings. The maximum Gasteiger partial charge on any atom is 0.432 e. The van der Waals surface area contributed by atoms with Crippen LogP contribution < -0.4 is 0 Å². The maximum atomic E-state index is 13.8. The van der Waals surface area contributed by atoms with Gasteiger partial charge in [-0.3, -0.25) is 0 Å². The van der Waals surface area contributed by atoms with Crippen molar-refractivity contribution in [3.63, 3.8) is 0 Å². The Kier molecular flexibility index (Phi) is 5.66. The molecule has 0 N–H and O–H groups in total. The van der Waals surface area contributed by atoms with Crippen molar-refractivity contribution in [2.45, 2.75) is 36.8 Å². The number of carbonyl (C=O) groups excluding carboxylic acids is 1. The summed E-state index contributed by atoms with van der Waals surface area (Å²) in [6.07, 6.45) is -4.05. The van der Waals surface area contributed by atoms with Crippen LogP contribution in [0.1, 0.15) is 18.4 Å². The zero-order chi connectivity index (χ0) is 17.8. The van der Waals surface area contributed by atoms with Crippen LogP contribution in [0.3, 0.4) is 0 Å². The van der Waals surface area contributed by atoms with E-state index in [-0.39, 0.29) is 5.56 Å². The van der Waals surface area contributed by atoms with Gasteiger partial charge in [-0.05, 0) is 12.8 Å². The SMILES string of the molecule is C=C[C@@H]1OCCC[C@H]1OC(=O)[C@@](OC)(c1ccccc1)C(F)(F)F. The molecule has 0 aromatic heterocycles. The minimum Gasteiger partial charge on any atom is -0.457 e. The van der Waals surface area contributed by atoms with E-state index in [2.05, 4.69) is 6.58 Å².